The largest absolute Gasteiger partial charge is 0.360 e. The Kier molecular flexibility index (Phi) is 5.93. The minimum atomic E-state index is -3.86. The number of nitrogens with zero attached hydrogens (tertiary/aromatic N) is 3. The highest BCUT2D eigenvalue weighted by molar-refractivity contribution is 7.92. The van der Waals surface area contributed by atoms with Crippen LogP contribution >= 0.6 is 0 Å². The molecule has 0 unspecified atom stereocenters. The van der Waals surface area contributed by atoms with Crippen molar-refractivity contribution in [2.45, 2.75) is 25.7 Å². The minimum Gasteiger partial charge on any atom is -0.360 e. The average Bonchev–Trinajstić information content (AvgIpc) is 3.15. The van der Waals surface area contributed by atoms with Crippen molar-refractivity contribution < 1.29 is 17.7 Å². The summed E-state index contributed by atoms with van der Waals surface area (Å²) >= 11 is 0. The van der Waals surface area contributed by atoms with Crippen molar-refractivity contribution >= 4 is 27.4 Å². The number of hydrogen-bond acceptors (Lipinski definition) is 7. The van der Waals surface area contributed by atoms with Crippen LogP contribution in [0.4, 0.5) is 11.5 Å². The Labute approximate surface area is 190 Å². The zero-order chi connectivity index (χ0) is 23.6. The number of aryl methyl sites for hydroxylation is 3. The van der Waals surface area contributed by atoms with Crippen molar-refractivity contribution in [1.29, 1.82) is 0 Å². The Bertz CT molecular complexity index is 1390. The van der Waals surface area contributed by atoms with Crippen LogP contribution < -0.4 is 10.0 Å². The van der Waals surface area contributed by atoms with Crippen LogP contribution in [0, 0.1) is 20.8 Å². The Morgan fingerprint density at radius 1 is 0.939 bits per heavy atom. The van der Waals surface area contributed by atoms with E-state index in [1.165, 1.54) is 24.3 Å². The molecule has 2 N–H and O–H groups in total. The van der Waals surface area contributed by atoms with E-state index in [0.29, 0.717) is 34.2 Å². The third kappa shape index (κ3) is 4.90. The molecule has 9 nitrogen and oxygen atoms in total. The standard InChI is InChI=1S/C23H21N5O4S/c1-14-13-20(25-16(3)24-14)28-33(30,31)19-11-9-18(10-12-19)26-23(29)21-15(2)32-27-22(21)17-7-5-4-6-8-17/h4-13H,1-3H3,(H,26,29)(H,24,25,28). The molecule has 0 fully saturated rings. The maximum absolute atomic E-state index is 12.9. The maximum Gasteiger partial charge on any atom is 0.263 e. The van der Waals surface area contributed by atoms with Gasteiger partial charge in [0.2, 0.25) is 0 Å². The van der Waals surface area contributed by atoms with Gasteiger partial charge in [-0.1, -0.05) is 35.5 Å². The summed E-state index contributed by atoms with van der Waals surface area (Å²) in [4.78, 5) is 21.2. The van der Waals surface area contributed by atoms with Gasteiger partial charge in [0, 0.05) is 23.0 Å². The van der Waals surface area contributed by atoms with Gasteiger partial charge in [-0.05, 0) is 45.0 Å². The number of amides is 1. The van der Waals surface area contributed by atoms with Gasteiger partial charge in [0.1, 0.15) is 28.7 Å². The second-order valence-electron chi connectivity index (χ2n) is 7.35. The summed E-state index contributed by atoms with van der Waals surface area (Å²) in [5.41, 5.74) is 2.57. The van der Waals surface area contributed by atoms with Gasteiger partial charge in [0.25, 0.3) is 15.9 Å². The predicted octanol–water partition coefficient (Wildman–Crippen LogP) is 4.11. The second-order valence-corrected chi connectivity index (χ2v) is 9.04. The lowest BCUT2D eigenvalue weighted by Crippen LogP contribution is -2.16. The molecule has 4 aromatic rings. The molecule has 2 heterocycles. The maximum atomic E-state index is 12.9. The van der Waals surface area contributed by atoms with Crippen molar-refractivity contribution in [3.05, 3.63) is 83.5 Å². The number of aromatic nitrogens is 3. The molecule has 0 bridgehead atoms. The molecule has 0 aliphatic heterocycles. The lowest BCUT2D eigenvalue weighted by molar-refractivity contribution is 0.102. The minimum absolute atomic E-state index is 0.0283. The first-order valence-electron chi connectivity index (χ1n) is 10.0. The summed E-state index contributed by atoms with van der Waals surface area (Å²) < 4.78 is 33.1. The number of nitrogens with one attached hydrogen (secondary N) is 2. The fourth-order valence-electron chi connectivity index (χ4n) is 3.31. The van der Waals surface area contributed by atoms with E-state index in [2.05, 4.69) is 25.2 Å². The first-order chi connectivity index (χ1) is 15.7. The van der Waals surface area contributed by atoms with Crippen LogP contribution in [0.1, 0.15) is 27.6 Å². The van der Waals surface area contributed by atoms with Gasteiger partial charge in [-0.25, -0.2) is 18.4 Å². The molecule has 0 radical (unpaired) electrons. The molecule has 0 spiro atoms. The molecule has 0 aliphatic carbocycles. The molecule has 1 amide bonds. The number of carbonyl (C=O) groups is 1. The van der Waals surface area contributed by atoms with Crippen molar-refractivity contribution in [3.8, 4) is 11.3 Å². The molecule has 2 aromatic heterocycles. The number of carbonyl (C=O) groups excluding carboxylic acids is 1. The van der Waals surface area contributed by atoms with Crippen LogP contribution in [0.3, 0.4) is 0 Å². The summed E-state index contributed by atoms with van der Waals surface area (Å²) in [5, 5.41) is 6.78. The van der Waals surface area contributed by atoms with E-state index in [1.807, 2.05) is 30.3 Å². The smallest absolute Gasteiger partial charge is 0.263 e. The molecule has 0 saturated carbocycles. The topological polar surface area (TPSA) is 127 Å². The fourth-order valence-corrected chi connectivity index (χ4v) is 4.30. The van der Waals surface area contributed by atoms with E-state index in [-0.39, 0.29) is 10.7 Å². The molecule has 10 heteroatoms. The zero-order valence-electron chi connectivity index (χ0n) is 18.2. The van der Waals surface area contributed by atoms with Crippen molar-refractivity contribution in [1.82, 2.24) is 15.1 Å². The molecule has 0 saturated heterocycles. The monoisotopic (exact) mass is 463 g/mol. The van der Waals surface area contributed by atoms with Crippen molar-refractivity contribution in [2.75, 3.05) is 10.0 Å². The van der Waals surface area contributed by atoms with Gasteiger partial charge >= 0.3 is 0 Å². The fraction of sp³-hybridized carbons (Fsp3) is 0.130. The number of rotatable bonds is 6. The van der Waals surface area contributed by atoms with Crippen LogP contribution in [-0.2, 0) is 10.0 Å². The Morgan fingerprint density at radius 3 is 2.30 bits per heavy atom. The first-order valence-corrected chi connectivity index (χ1v) is 11.5. The molecule has 0 aliphatic rings. The highest BCUT2D eigenvalue weighted by Crippen LogP contribution is 2.26. The first kappa shape index (κ1) is 22.2. The SMILES string of the molecule is Cc1cc(NS(=O)(=O)c2ccc(NC(=O)c3c(-c4ccccc4)noc3C)cc2)nc(C)n1. The van der Waals surface area contributed by atoms with Gasteiger partial charge in [0.15, 0.2) is 0 Å². The molecule has 0 atom stereocenters. The third-order valence-electron chi connectivity index (χ3n) is 4.76. The molecular weight excluding hydrogens is 442 g/mol. The quantitative estimate of drug-likeness (QED) is 0.440. The molecule has 2 aromatic carbocycles. The molecule has 4 rings (SSSR count). The Hall–Kier alpha value is -4.05. The van der Waals surface area contributed by atoms with Crippen LogP contribution in [0.2, 0.25) is 0 Å². The lowest BCUT2D eigenvalue weighted by atomic mass is 10.1. The van der Waals surface area contributed by atoms with Gasteiger partial charge in [0.05, 0.1) is 4.90 Å². The summed E-state index contributed by atoms with van der Waals surface area (Å²) in [7, 11) is -3.86. The van der Waals surface area contributed by atoms with Gasteiger partial charge < -0.3 is 9.84 Å². The van der Waals surface area contributed by atoms with Crippen LogP contribution in [0.5, 0.6) is 0 Å². The summed E-state index contributed by atoms with van der Waals surface area (Å²) in [6.45, 7) is 5.10. The molecule has 33 heavy (non-hydrogen) atoms. The van der Waals surface area contributed by atoms with E-state index in [9.17, 15) is 13.2 Å². The zero-order valence-corrected chi connectivity index (χ0v) is 19.0. The highest BCUT2D eigenvalue weighted by atomic mass is 32.2. The van der Waals surface area contributed by atoms with E-state index < -0.39 is 15.9 Å². The van der Waals surface area contributed by atoms with E-state index in [4.69, 9.17) is 4.52 Å². The Morgan fingerprint density at radius 2 is 1.64 bits per heavy atom. The van der Waals surface area contributed by atoms with Crippen molar-refractivity contribution in [2.24, 2.45) is 0 Å². The van der Waals surface area contributed by atoms with Crippen molar-refractivity contribution in [3.63, 3.8) is 0 Å². The average molecular weight is 464 g/mol. The van der Waals surface area contributed by atoms with Gasteiger partial charge in [-0.15, -0.1) is 0 Å². The van der Waals surface area contributed by atoms with Gasteiger partial charge in [-0.2, -0.15) is 0 Å². The van der Waals surface area contributed by atoms with Gasteiger partial charge in [-0.3, -0.25) is 9.52 Å². The van der Waals surface area contributed by atoms with Crippen LogP contribution in [0.15, 0.2) is 70.1 Å². The van der Waals surface area contributed by atoms with Crippen LogP contribution in [0.25, 0.3) is 11.3 Å². The number of sulfonamides is 1. The predicted molar refractivity (Wildman–Crippen MR) is 123 cm³/mol. The number of hydrogen-bond donors (Lipinski definition) is 2. The highest BCUT2D eigenvalue weighted by Gasteiger charge is 2.22. The van der Waals surface area contributed by atoms with E-state index >= 15 is 0 Å². The molecule has 168 valence electrons. The lowest BCUT2D eigenvalue weighted by Gasteiger charge is -2.10. The normalized spacial score (nSPS) is 11.2. The van der Waals surface area contributed by atoms with E-state index in [1.54, 1.807) is 26.8 Å². The van der Waals surface area contributed by atoms with E-state index in [0.717, 1.165) is 5.56 Å². The summed E-state index contributed by atoms with van der Waals surface area (Å²) in [5.74, 6) is 0.622. The number of benzene rings is 2. The summed E-state index contributed by atoms with van der Waals surface area (Å²) in [6, 6.07) is 16.6. The van der Waals surface area contributed by atoms with Crippen LogP contribution in [-0.4, -0.2) is 29.4 Å². The second kappa shape index (κ2) is 8.83. The third-order valence-corrected chi connectivity index (χ3v) is 6.14. The molecular formula is C23H21N5O4S. The number of anilines is 2. The Balaban J connectivity index is 1.53. The summed E-state index contributed by atoms with van der Waals surface area (Å²) in [6.07, 6.45) is 0.